The Morgan fingerprint density at radius 3 is 2.78 bits per heavy atom. The van der Waals surface area contributed by atoms with Crippen LogP contribution in [0, 0.1) is 0 Å². The van der Waals surface area contributed by atoms with Crippen molar-refractivity contribution in [1.82, 2.24) is 14.8 Å². The molecule has 0 fully saturated rings. The molecule has 0 unspecified atom stereocenters. The highest BCUT2D eigenvalue weighted by Gasteiger charge is 2.12. The number of hydrogen-bond acceptors (Lipinski definition) is 5. The number of phenols is 1. The summed E-state index contributed by atoms with van der Waals surface area (Å²) in [5, 5.41) is 15.5. The van der Waals surface area contributed by atoms with Gasteiger partial charge in [0, 0.05) is 28.4 Å². The predicted octanol–water partition coefficient (Wildman–Crippen LogP) is 3.46. The predicted molar refractivity (Wildman–Crippen MR) is 106 cm³/mol. The molecule has 0 saturated carbocycles. The maximum absolute atomic E-state index is 12.2. The van der Waals surface area contributed by atoms with Crippen molar-refractivity contribution in [2.75, 3.05) is 0 Å². The SMILES string of the molecule is O=C(Cc1csc2nc(-c3ccccc3)cn12)N/N=C/c1ccccc1O. The molecule has 0 spiro atoms. The highest BCUT2D eigenvalue weighted by atomic mass is 32.1. The van der Waals surface area contributed by atoms with Crippen molar-refractivity contribution >= 4 is 28.4 Å². The van der Waals surface area contributed by atoms with Crippen LogP contribution in [0.3, 0.4) is 0 Å². The van der Waals surface area contributed by atoms with Gasteiger partial charge < -0.3 is 5.11 Å². The minimum atomic E-state index is -0.240. The third-order valence-electron chi connectivity index (χ3n) is 4.02. The first-order chi connectivity index (χ1) is 13.2. The zero-order valence-corrected chi connectivity index (χ0v) is 15.1. The number of nitrogens with one attached hydrogen (secondary N) is 1. The zero-order valence-electron chi connectivity index (χ0n) is 14.2. The van der Waals surface area contributed by atoms with E-state index in [0.717, 1.165) is 21.9 Å². The van der Waals surface area contributed by atoms with Gasteiger partial charge in [-0.3, -0.25) is 9.20 Å². The first-order valence-corrected chi connectivity index (χ1v) is 9.19. The number of thiazole rings is 1. The van der Waals surface area contributed by atoms with Crippen LogP contribution in [0.2, 0.25) is 0 Å². The molecule has 0 aliphatic carbocycles. The molecule has 0 bridgehead atoms. The number of amides is 1. The van der Waals surface area contributed by atoms with Crippen LogP contribution in [0.4, 0.5) is 0 Å². The lowest BCUT2D eigenvalue weighted by molar-refractivity contribution is -0.120. The van der Waals surface area contributed by atoms with E-state index in [4.69, 9.17) is 0 Å². The van der Waals surface area contributed by atoms with Gasteiger partial charge in [-0.2, -0.15) is 5.10 Å². The number of benzene rings is 2. The van der Waals surface area contributed by atoms with E-state index in [1.54, 1.807) is 24.3 Å². The second-order valence-corrected chi connectivity index (χ2v) is 6.74. The quantitative estimate of drug-likeness (QED) is 0.414. The Labute approximate surface area is 159 Å². The second-order valence-electron chi connectivity index (χ2n) is 5.90. The Balaban J connectivity index is 1.46. The minimum Gasteiger partial charge on any atom is -0.507 e. The number of hydrogen-bond donors (Lipinski definition) is 2. The van der Waals surface area contributed by atoms with Crippen molar-refractivity contribution in [2.45, 2.75) is 6.42 Å². The Hall–Kier alpha value is -3.45. The number of imidazole rings is 1. The van der Waals surface area contributed by atoms with E-state index < -0.39 is 0 Å². The van der Waals surface area contributed by atoms with Crippen molar-refractivity contribution in [3.05, 3.63) is 77.4 Å². The van der Waals surface area contributed by atoms with Crippen LogP contribution in [0.25, 0.3) is 16.2 Å². The molecule has 2 N–H and O–H groups in total. The number of aromatic hydroxyl groups is 1. The second kappa shape index (κ2) is 7.43. The number of hydrazone groups is 1. The van der Waals surface area contributed by atoms with Crippen molar-refractivity contribution in [3.63, 3.8) is 0 Å². The fourth-order valence-corrected chi connectivity index (χ4v) is 3.55. The third-order valence-corrected chi connectivity index (χ3v) is 4.91. The summed E-state index contributed by atoms with van der Waals surface area (Å²) in [6.07, 6.45) is 3.54. The lowest BCUT2D eigenvalue weighted by Gasteiger charge is -2.00. The van der Waals surface area contributed by atoms with Crippen LogP contribution in [-0.2, 0) is 11.2 Å². The zero-order chi connectivity index (χ0) is 18.6. The van der Waals surface area contributed by atoms with Crippen molar-refractivity contribution < 1.29 is 9.90 Å². The molecule has 4 rings (SSSR count). The van der Waals surface area contributed by atoms with Gasteiger partial charge in [0.15, 0.2) is 4.96 Å². The normalized spacial score (nSPS) is 11.3. The van der Waals surface area contributed by atoms with Gasteiger partial charge in [-0.25, -0.2) is 10.4 Å². The monoisotopic (exact) mass is 376 g/mol. The summed E-state index contributed by atoms with van der Waals surface area (Å²) >= 11 is 1.49. The molecule has 0 aliphatic rings. The van der Waals surface area contributed by atoms with Gasteiger partial charge in [0.05, 0.1) is 18.3 Å². The van der Waals surface area contributed by atoms with Gasteiger partial charge in [-0.05, 0) is 12.1 Å². The average molecular weight is 376 g/mol. The van der Waals surface area contributed by atoms with Crippen molar-refractivity contribution in [3.8, 4) is 17.0 Å². The van der Waals surface area contributed by atoms with Gasteiger partial charge in [0.1, 0.15) is 5.75 Å². The molecule has 0 atom stereocenters. The summed E-state index contributed by atoms with van der Waals surface area (Å²) in [7, 11) is 0. The highest BCUT2D eigenvalue weighted by molar-refractivity contribution is 7.15. The Kier molecular flexibility index (Phi) is 4.67. The van der Waals surface area contributed by atoms with Crippen LogP contribution >= 0.6 is 11.3 Å². The molecule has 1 amide bonds. The first-order valence-electron chi connectivity index (χ1n) is 8.31. The largest absolute Gasteiger partial charge is 0.507 e. The molecule has 27 heavy (non-hydrogen) atoms. The number of carbonyl (C=O) groups is 1. The number of para-hydroxylation sites is 1. The van der Waals surface area contributed by atoms with Gasteiger partial charge in [0.2, 0.25) is 5.91 Å². The topological polar surface area (TPSA) is 79.0 Å². The summed E-state index contributed by atoms with van der Waals surface area (Å²) in [5.41, 5.74) is 5.79. The molecule has 0 aliphatic heterocycles. The van der Waals surface area contributed by atoms with Crippen LogP contribution in [0.1, 0.15) is 11.3 Å². The van der Waals surface area contributed by atoms with E-state index in [1.165, 1.54) is 17.6 Å². The molecule has 7 heteroatoms. The number of phenolic OH excluding ortho intramolecular Hbond substituents is 1. The maximum atomic E-state index is 12.2. The van der Waals surface area contributed by atoms with Gasteiger partial charge >= 0.3 is 0 Å². The van der Waals surface area contributed by atoms with Crippen molar-refractivity contribution in [1.29, 1.82) is 0 Å². The molecule has 134 valence electrons. The number of aromatic nitrogens is 2. The Bertz CT molecular complexity index is 1120. The molecular formula is C20H16N4O2S. The number of fused-ring (bicyclic) bond motifs is 1. The summed E-state index contributed by atoms with van der Waals surface area (Å²) in [4.78, 5) is 17.6. The van der Waals surface area contributed by atoms with Crippen molar-refractivity contribution in [2.24, 2.45) is 5.10 Å². The van der Waals surface area contributed by atoms with Gasteiger partial charge in [-0.1, -0.05) is 42.5 Å². The van der Waals surface area contributed by atoms with E-state index >= 15 is 0 Å². The fourth-order valence-electron chi connectivity index (χ4n) is 2.68. The number of nitrogens with zero attached hydrogens (tertiary/aromatic N) is 3. The smallest absolute Gasteiger partial charge is 0.246 e. The van der Waals surface area contributed by atoms with Crippen LogP contribution in [0.15, 0.2) is 71.3 Å². The van der Waals surface area contributed by atoms with E-state index in [0.29, 0.717) is 5.56 Å². The summed E-state index contributed by atoms with van der Waals surface area (Å²) < 4.78 is 1.93. The molecule has 0 radical (unpaired) electrons. The van der Waals surface area contributed by atoms with E-state index in [-0.39, 0.29) is 18.1 Å². The lowest BCUT2D eigenvalue weighted by Crippen LogP contribution is -2.20. The maximum Gasteiger partial charge on any atom is 0.246 e. The third kappa shape index (κ3) is 3.73. The molecule has 2 aromatic carbocycles. The molecular weight excluding hydrogens is 360 g/mol. The highest BCUT2D eigenvalue weighted by Crippen LogP contribution is 2.23. The fraction of sp³-hybridized carbons (Fsp3) is 0.0500. The molecule has 2 aromatic heterocycles. The first kappa shape index (κ1) is 17.0. The van der Waals surface area contributed by atoms with Crippen LogP contribution in [0.5, 0.6) is 5.75 Å². The molecule has 6 nitrogen and oxygen atoms in total. The van der Waals surface area contributed by atoms with Crippen LogP contribution in [-0.4, -0.2) is 26.6 Å². The standard InChI is InChI=1S/C20H16N4O2S/c25-18-9-5-4-8-15(18)11-21-23-19(26)10-16-13-27-20-22-17(12-24(16)20)14-6-2-1-3-7-14/h1-9,11-13,25H,10H2,(H,23,26)/b21-11+. The van der Waals surface area contributed by atoms with E-state index in [2.05, 4.69) is 15.5 Å². The Morgan fingerprint density at radius 2 is 1.96 bits per heavy atom. The summed E-state index contributed by atoms with van der Waals surface area (Å²) in [6.45, 7) is 0. The number of rotatable bonds is 5. The van der Waals surface area contributed by atoms with E-state index in [1.807, 2.05) is 46.3 Å². The average Bonchev–Trinajstić information content (AvgIpc) is 3.26. The van der Waals surface area contributed by atoms with E-state index in [9.17, 15) is 9.90 Å². The summed E-state index contributed by atoms with van der Waals surface area (Å²) in [5.74, 6) is -0.127. The van der Waals surface area contributed by atoms with Gasteiger partial charge in [0.25, 0.3) is 0 Å². The molecule has 0 saturated heterocycles. The van der Waals surface area contributed by atoms with Gasteiger partial charge in [-0.15, -0.1) is 11.3 Å². The summed E-state index contributed by atoms with van der Waals surface area (Å²) in [6, 6.07) is 16.7. The number of carbonyl (C=O) groups excluding carboxylic acids is 1. The minimum absolute atomic E-state index is 0.113. The Morgan fingerprint density at radius 1 is 1.19 bits per heavy atom. The molecule has 2 heterocycles. The molecule has 4 aromatic rings. The van der Waals surface area contributed by atoms with Crippen LogP contribution < -0.4 is 5.43 Å². The lowest BCUT2D eigenvalue weighted by atomic mass is 10.2.